The molecule has 2 N–H and O–H groups in total. The first-order chi connectivity index (χ1) is 7.61. The number of nitrogens with one attached hydrogen (secondary N) is 1. The van der Waals surface area contributed by atoms with Crippen molar-refractivity contribution >= 4 is 11.9 Å². The van der Waals surface area contributed by atoms with Gasteiger partial charge >= 0.3 is 5.97 Å². The average Bonchev–Trinajstić information content (AvgIpc) is 2.71. The number of carbonyl (C=O) groups excluding carboxylic acids is 1. The fourth-order valence-corrected chi connectivity index (χ4v) is 1.07. The Morgan fingerprint density at radius 2 is 2.31 bits per heavy atom. The van der Waals surface area contributed by atoms with Gasteiger partial charge in [-0.05, 0) is 6.92 Å². The van der Waals surface area contributed by atoms with Crippen LogP contribution in [0.15, 0.2) is 24.5 Å². The highest BCUT2D eigenvalue weighted by Gasteiger charge is 2.00. The van der Waals surface area contributed by atoms with Crippen LogP contribution in [-0.2, 0) is 22.7 Å². The minimum absolute atomic E-state index is 0.336. The van der Waals surface area contributed by atoms with Crippen molar-refractivity contribution in [1.29, 1.82) is 0 Å². The van der Waals surface area contributed by atoms with E-state index in [2.05, 4.69) is 10.4 Å². The summed E-state index contributed by atoms with van der Waals surface area (Å²) < 4.78 is 1.74. The number of hydrogen-bond acceptors (Lipinski definition) is 3. The number of amides is 1. The topological polar surface area (TPSA) is 84.2 Å². The maximum atomic E-state index is 11.1. The van der Waals surface area contributed by atoms with E-state index in [0.29, 0.717) is 6.54 Å². The Bertz CT molecular complexity index is 409. The Morgan fingerprint density at radius 3 is 2.88 bits per heavy atom. The van der Waals surface area contributed by atoms with Crippen molar-refractivity contribution in [1.82, 2.24) is 15.1 Å². The van der Waals surface area contributed by atoms with Gasteiger partial charge in [0.05, 0.1) is 6.20 Å². The van der Waals surface area contributed by atoms with E-state index in [-0.39, 0.29) is 0 Å². The molecule has 0 spiro atoms. The first kappa shape index (κ1) is 12.0. The highest BCUT2D eigenvalue weighted by atomic mass is 16.4. The summed E-state index contributed by atoms with van der Waals surface area (Å²) in [6, 6.07) is 0. The fourth-order valence-electron chi connectivity index (χ4n) is 1.07. The third-order valence-corrected chi connectivity index (χ3v) is 1.85. The normalized spacial score (nSPS) is 10.6. The molecule has 1 aromatic rings. The number of nitrogens with zero attached hydrogens (tertiary/aromatic N) is 2. The molecule has 0 atom stereocenters. The summed E-state index contributed by atoms with van der Waals surface area (Å²) in [4.78, 5) is 21.2. The monoisotopic (exact) mass is 223 g/mol. The summed E-state index contributed by atoms with van der Waals surface area (Å²) in [7, 11) is 0. The van der Waals surface area contributed by atoms with E-state index in [4.69, 9.17) is 5.11 Å². The standard InChI is InChI=1S/C10H13N3O3/c1-2-13-7-8(6-12-13)5-11-9(14)3-4-10(15)16/h3-4,6-7H,2,5H2,1H3,(H,11,14)(H,15,16)/b4-3+. The van der Waals surface area contributed by atoms with Gasteiger partial charge in [0.15, 0.2) is 0 Å². The lowest BCUT2D eigenvalue weighted by molar-refractivity contribution is -0.131. The summed E-state index contributed by atoms with van der Waals surface area (Å²) >= 11 is 0. The van der Waals surface area contributed by atoms with Crippen molar-refractivity contribution in [2.45, 2.75) is 20.0 Å². The molecule has 0 radical (unpaired) electrons. The van der Waals surface area contributed by atoms with Gasteiger partial charge in [0.2, 0.25) is 5.91 Å². The molecular weight excluding hydrogens is 210 g/mol. The second-order valence-electron chi connectivity index (χ2n) is 3.09. The van der Waals surface area contributed by atoms with Crippen LogP contribution in [0.4, 0.5) is 0 Å². The highest BCUT2D eigenvalue weighted by molar-refractivity contribution is 5.93. The quantitative estimate of drug-likeness (QED) is 0.696. The Labute approximate surface area is 92.6 Å². The van der Waals surface area contributed by atoms with Gasteiger partial charge in [-0.1, -0.05) is 0 Å². The summed E-state index contributed by atoms with van der Waals surface area (Å²) in [5.74, 6) is -1.58. The SMILES string of the molecule is CCn1cc(CNC(=O)/C=C/C(=O)O)cn1. The van der Waals surface area contributed by atoms with Gasteiger partial charge in [-0.25, -0.2) is 4.79 Å². The third kappa shape index (κ3) is 3.95. The molecule has 0 aliphatic heterocycles. The molecule has 6 nitrogen and oxygen atoms in total. The van der Waals surface area contributed by atoms with E-state index in [1.165, 1.54) is 0 Å². The molecule has 16 heavy (non-hydrogen) atoms. The van der Waals surface area contributed by atoms with Crippen LogP contribution in [0.3, 0.4) is 0 Å². The van der Waals surface area contributed by atoms with E-state index in [9.17, 15) is 9.59 Å². The van der Waals surface area contributed by atoms with Crippen LogP contribution in [0, 0.1) is 0 Å². The molecule has 0 saturated heterocycles. The van der Waals surface area contributed by atoms with Crippen LogP contribution >= 0.6 is 0 Å². The van der Waals surface area contributed by atoms with Gasteiger partial charge in [-0.2, -0.15) is 5.10 Å². The Balaban J connectivity index is 2.39. The maximum absolute atomic E-state index is 11.1. The summed E-state index contributed by atoms with van der Waals surface area (Å²) in [6.45, 7) is 3.07. The minimum Gasteiger partial charge on any atom is -0.478 e. The van der Waals surface area contributed by atoms with Crippen molar-refractivity contribution in [2.75, 3.05) is 0 Å². The molecule has 86 valence electrons. The van der Waals surface area contributed by atoms with Crippen LogP contribution in [0.25, 0.3) is 0 Å². The number of aromatic nitrogens is 2. The first-order valence-corrected chi connectivity index (χ1v) is 4.82. The lowest BCUT2D eigenvalue weighted by atomic mass is 10.3. The molecule has 1 amide bonds. The smallest absolute Gasteiger partial charge is 0.328 e. The average molecular weight is 223 g/mol. The number of carboxylic acids is 1. The van der Waals surface area contributed by atoms with E-state index < -0.39 is 11.9 Å². The van der Waals surface area contributed by atoms with Crippen molar-refractivity contribution < 1.29 is 14.7 Å². The molecule has 0 bridgehead atoms. The third-order valence-electron chi connectivity index (χ3n) is 1.85. The summed E-state index contributed by atoms with van der Waals surface area (Å²) in [5, 5.41) is 14.9. The summed E-state index contributed by atoms with van der Waals surface area (Å²) in [5.41, 5.74) is 0.874. The molecule has 0 aliphatic carbocycles. The second-order valence-corrected chi connectivity index (χ2v) is 3.09. The van der Waals surface area contributed by atoms with Crippen molar-refractivity contribution in [2.24, 2.45) is 0 Å². The molecular formula is C10H13N3O3. The van der Waals surface area contributed by atoms with E-state index in [1.54, 1.807) is 10.9 Å². The number of rotatable bonds is 5. The van der Waals surface area contributed by atoms with Gasteiger partial charge in [-0.15, -0.1) is 0 Å². The molecule has 1 aromatic heterocycles. The molecule has 0 unspecified atom stereocenters. The lowest BCUT2D eigenvalue weighted by Gasteiger charge is -1.98. The van der Waals surface area contributed by atoms with Gasteiger partial charge in [0, 0.05) is 37.0 Å². The van der Waals surface area contributed by atoms with Crippen molar-refractivity contribution in [3.8, 4) is 0 Å². The predicted octanol–water partition coefficient (Wildman–Crippen LogP) is 0.160. The van der Waals surface area contributed by atoms with Crippen LogP contribution < -0.4 is 5.32 Å². The fraction of sp³-hybridized carbons (Fsp3) is 0.300. The zero-order valence-corrected chi connectivity index (χ0v) is 8.88. The van der Waals surface area contributed by atoms with Crippen LogP contribution in [0.1, 0.15) is 12.5 Å². The number of hydrogen-bond donors (Lipinski definition) is 2. The molecule has 0 saturated carbocycles. The molecule has 1 heterocycles. The molecule has 0 aromatic carbocycles. The van der Waals surface area contributed by atoms with Gasteiger partial charge in [0.25, 0.3) is 0 Å². The number of aryl methyl sites for hydroxylation is 1. The number of carboxylic acid groups (broad SMARTS) is 1. The Kier molecular flexibility index (Phi) is 4.26. The predicted molar refractivity (Wildman–Crippen MR) is 56.5 cm³/mol. The van der Waals surface area contributed by atoms with E-state index in [1.807, 2.05) is 13.1 Å². The Hall–Kier alpha value is -2.11. The molecule has 1 rings (SSSR count). The highest BCUT2D eigenvalue weighted by Crippen LogP contribution is 1.96. The van der Waals surface area contributed by atoms with Crippen molar-refractivity contribution in [3.05, 3.63) is 30.1 Å². The first-order valence-electron chi connectivity index (χ1n) is 4.82. The molecule has 6 heteroatoms. The second kappa shape index (κ2) is 5.69. The number of carbonyl (C=O) groups is 2. The van der Waals surface area contributed by atoms with Gasteiger partial charge in [0.1, 0.15) is 0 Å². The van der Waals surface area contributed by atoms with Gasteiger partial charge in [-0.3, -0.25) is 9.48 Å². The summed E-state index contributed by atoms with van der Waals surface area (Å²) in [6.07, 6.45) is 5.25. The lowest BCUT2D eigenvalue weighted by Crippen LogP contribution is -2.20. The molecule has 0 aliphatic rings. The minimum atomic E-state index is -1.14. The van der Waals surface area contributed by atoms with E-state index >= 15 is 0 Å². The van der Waals surface area contributed by atoms with Crippen LogP contribution in [-0.4, -0.2) is 26.8 Å². The van der Waals surface area contributed by atoms with Gasteiger partial charge < -0.3 is 10.4 Å². The van der Waals surface area contributed by atoms with E-state index in [0.717, 1.165) is 24.3 Å². The van der Waals surface area contributed by atoms with Crippen LogP contribution in [0.2, 0.25) is 0 Å². The van der Waals surface area contributed by atoms with Crippen molar-refractivity contribution in [3.63, 3.8) is 0 Å². The number of aliphatic carboxylic acids is 1. The Morgan fingerprint density at radius 1 is 1.56 bits per heavy atom. The van der Waals surface area contributed by atoms with Crippen LogP contribution in [0.5, 0.6) is 0 Å². The largest absolute Gasteiger partial charge is 0.478 e. The zero-order valence-electron chi connectivity index (χ0n) is 8.88. The molecule has 0 fully saturated rings. The maximum Gasteiger partial charge on any atom is 0.328 e. The zero-order chi connectivity index (χ0) is 12.0.